The highest BCUT2D eigenvalue weighted by molar-refractivity contribution is 5.89. The van der Waals surface area contributed by atoms with Crippen molar-refractivity contribution in [3.05, 3.63) is 59.0 Å². The minimum Gasteiger partial charge on any atom is -0.465 e. The van der Waals surface area contributed by atoms with Crippen LogP contribution in [0.4, 0.5) is 15.0 Å². The van der Waals surface area contributed by atoms with Gasteiger partial charge in [0.05, 0.1) is 12.7 Å². The number of aromatic nitrogens is 1. The molecule has 1 saturated heterocycles. The van der Waals surface area contributed by atoms with Crippen LogP contribution in [0.1, 0.15) is 55.6 Å². The molecule has 0 saturated carbocycles. The monoisotopic (exact) mass is 457 g/mol. The van der Waals surface area contributed by atoms with Gasteiger partial charge in [0.15, 0.2) is 0 Å². The highest BCUT2D eigenvalue weighted by atomic mass is 19.1. The predicted octanol–water partition coefficient (Wildman–Crippen LogP) is 4.66. The predicted molar refractivity (Wildman–Crippen MR) is 124 cm³/mol. The fraction of sp³-hybridized carbons (Fsp3) is 0.480. The topological polar surface area (TPSA) is 80.8 Å². The van der Waals surface area contributed by atoms with E-state index in [0.29, 0.717) is 30.9 Å². The first-order chi connectivity index (χ1) is 15.6. The summed E-state index contributed by atoms with van der Waals surface area (Å²) < 4.78 is 23.7. The molecule has 0 radical (unpaired) electrons. The van der Waals surface area contributed by atoms with Crippen molar-refractivity contribution >= 4 is 17.9 Å². The zero-order valence-corrected chi connectivity index (χ0v) is 19.9. The molecule has 0 aliphatic carbocycles. The second-order valence-corrected chi connectivity index (χ2v) is 9.47. The SMILES string of the molecule is COC(=O)c1cnc(NC2CCN(C(=O)OC(C)(C)C)CC2C)c(Cc2ccc(F)cc2)c1. The molecule has 1 amide bonds. The zero-order chi connectivity index (χ0) is 24.2. The molecule has 1 fully saturated rings. The van der Waals surface area contributed by atoms with E-state index in [0.717, 1.165) is 17.5 Å². The summed E-state index contributed by atoms with van der Waals surface area (Å²) in [4.78, 5) is 30.7. The lowest BCUT2D eigenvalue weighted by atomic mass is 9.93. The van der Waals surface area contributed by atoms with E-state index in [2.05, 4.69) is 17.2 Å². The Morgan fingerprint density at radius 1 is 1.24 bits per heavy atom. The van der Waals surface area contributed by atoms with Crippen molar-refractivity contribution in [3.63, 3.8) is 0 Å². The number of nitrogens with one attached hydrogen (secondary N) is 1. The van der Waals surface area contributed by atoms with E-state index in [9.17, 15) is 14.0 Å². The maximum Gasteiger partial charge on any atom is 0.410 e. The fourth-order valence-electron chi connectivity index (χ4n) is 3.85. The van der Waals surface area contributed by atoms with Gasteiger partial charge in [-0.3, -0.25) is 0 Å². The van der Waals surface area contributed by atoms with Gasteiger partial charge in [-0.25, -0.2) is 19.0 Å². The number of methoxy groups -OCH3 is 1. The van der Waals surface area contributed by atoms with Crippen molar-refractivity contribution in [1.29, 1.82) is 0 Å². The Bertz CT molecular complexity index is 988. The average molecular weight is 458 g/mol. The molecule has 2 heterocycles. The highest BCUT2D eigenvalue weighted by Crippen LogP contribution is 2.26. The summed E-state index contributed by atoms with van der Waals surface area (Å²) in [5, 5.41) is 3.51. The summed E-state index contributed by atoms with van der Waals surface area (Å²) in [7, 11) is 1.33. The van der Waals surface area contributed by atoms with Crippen LogP contribution in [-0.2, 0) is 15.9 Å². The molecule has 2 atom stereocenters. The standard InChI is InChI=1S/C25H32FN3O4/c1-16-15-29(24(31)33-25(2,3)4)11-10-21(16)28-22-18(12-17-6-8-20(26)9-7-17)13-19(14-27-22)23(30)32-5/h6-9,13-14,16,21H,10-12,15H2,1-5H3,(H,27,28). The smallest absolute Gasteiger partial charge is 0.410 e. The summed E-state index contributed by atoms with van der Waals surface area (Å²) in [6, 6.07) is 8.10. The minimum atomic E-state index is -0.532. The van der Waals surface area contributed by atoms with Gasteiger partial charge in [-0.2, -0.15) is 0 Å². The van der Waals surface area contributed by atoms with Crippen LogP contribution in [0.5, 0.6) is 0 Å². The number of hydrogen-bond acceptors (Lipinski definition) is 6. The molecule has 8 heteroatoms. The lowest BCUT2D eigenvalue weighted by Crippen LogP contribution is -2.49. The Morgan fingerprint density at radius 3 is 2.55 bits per heavy atom. The van der Waals surface area contributed by atoms with Gasteiger partial charge in [-0.05, 0) is 62.4 Å². The lowest BCUT2D eigenvalue weighted by molar-refractivity contribution is 0.0164. The number of carbonyl (C=O) groups is 2. The van der Waals surface area contributed by atoms with E-state index in [1.54, 1.807) is 23.1 Å². The van der Waals surface area contributed by atoms with Crippen LogP contribution in [0.3, 0.4) is 0 Å². The van der Waals surface area contributed by atoms with Gasteiger partial charge in [0.25, 0.3) is 0 Å². The van der Waals surface area contributed by atoms with Crippen molar-refractivity contribution in [2.24, 2.45) is 5.92 Å². The number of likely N-dealkylation sites (tertiary alicyclic amines) is 1. The summed E-state index contributed by atoms with van der Waals surface area (Å²) in [5.74, 6) is 0.0547. The van der Waals surface area contributed by atoms with E-state index >= 15 is 0 Å². The van der Waals surface area contributed by atoms with Gasteiger partial charge >= 0.3 is 12.1 Å². The normalized spacial score (nSPS) is 18.5. The molecule has 3 rings (SSSR count). The molecular weight excluding hydrogens is 425 g/mol. The molecule has 1 aromatic heterocycles. The summed E-state index contributed by atoms with van der Waals surface area (Å²) in [5.41, 5.74) is 1.53. The fourth-order valence-corrected chi connectivity index (χ4v) is 3.85. The molecule has 7 nitrogen and oxygen atoms in total. The Hall–Kier alpha value is -3.16. The average Bonchev–Trinajstić information content (AvgIpc) is 2.76. The van der Waals surface area contributed by atoms with Crippen molar-refractivity contribution in [1.82, 2.24) is 9.88 Å². The molecule has 1 aliphatic rings. The van der Waals surface area contributed by atoms with Gasteiger partial charge in [-0.15, -0.1) is 0 Å². The van der Waals surface area contributed by atoms with Crippen LogP contribution < -0.4 is 5.32 Å². The molecule has 178 valence electrons. The number of benzene rings is 1. The van der Waals surface area contributed by atoms with Crippen LogP contribution in [-0.4, -0.2) is 53.8 Å². The molecule has 1 N–H and O–H groups in total. The molecule has 33 heavy (non-hydrogen) atoms. The van der Waals surface area contributed by atoms with Crippen LogP contribution in [0.2, 0.25) is 0 Å². The van der Waals surface area contributed by atoms with Crippen molar-refractivity contribution in [2.45, 2.75) is 52.2 Å². The number of anilines is 1. The van der Waals surface area contributed by atoms with Crippen LogP contribution in [0.25, 0.3) is 0 Å². The van der Waals surface area contributed by atoms with Gasteiger partial charge in [0, 0.05) is 31.7 Å². The number of rotatable bonds is 5. The zero-order valence-electron chi connectivity index (χ0n) is 19.9. The van der Waals surface area contributed by atoms with E-state index in [1.807, 2.05) is 20.8 Å². The maximum absolute atomic E-state index is 13.3. The molecular formula is C25H32FN3O4. The molecule has 2 unspecified atom stereocenters. The molecule has 0 spiro atoms. The first-order valence-electron chi connectivity index (χ1n) is 11.1. The summed E-state index contributed by atoms with van der Waals surface area (Å²) in [6.07, 6.45) is 2.40. The number of esters is 1. The lowest BCUT2D eigenvalue weighted by Gasteiger charge is -2.38. The van der Waals surface area contributed by atoms with E-state index in [4.69, 9.17) is 9.47 Å². The number of ether oxygens (including phenoxy) is 2. The van der Waals surface area contributed by atoms with Crippen LogP contribution in [0, 0.1) is 11.7 Å². The third-order valence-corrected chi connectivity index (χ3v) is 5.57. The van der Waals surface area contributed by atoms with Crippen LogP contribution in [0.15, 0.2) is 36.5 Å². The second-order valence-electron chi connectivity index (χ2n) is 9.47. The minimum absolute atomic E-state index is 0.0899. The summed E-state index contributed by atoms with van der Waals surface area (Å²) >= 11 is 0. The highest BCUT2D eigenvalue weighted by Gasteiger charge is 2.31. The van der Waals surface area contributed by atoms with Gasteiger partial charge in [-0.1, -0.05) is 19.1 Å². The molecule has 1 aliphatic heterocycles. The Labute approximate surface area is 194 Å². The second kappa shape index (κ2) is 10.2. The van der Waals surface area contributed by atoms with E-state index in [-0.39, 0.29) is 23.9 Å². The Balaban J connectivity index is 1.76. The number of pyridine rings is 1. The van der Waals surface area contributed by atoms with Crippen molar-refractivity contribution in [2.75, 3.05) is 25.5 Å². The van der Waals surface area contributed by atoms with E-state index < -0.39 is 11.6 Å². The number of nitrogens with zero attached hydrogens (tertiary/aromatic N) is 2. The van der Waals surface area contributed by atoms with Crippen LogP contribution >= 0.6 is 0 Å². The molecule has 0 bridgehead atoms. The van der Waals surface area contributed by atoms with Gasteiger partial charge in [0.2, 0.25) is 0 Å². The number of hydrogen-bond donors (Lipinski definition) is 1. The molecule has 2 aromatic rings. The number of piperidine rings is 1. The third kappa shape index (κ3) is 6.66. The third-order valence-electron chi connectivity index (χ3n) is 5.57. The Morgan fingerprint density at radius 2 is 1.94 bits per heavy atom. The quantitative estimate of drug-likeness (QED) is 0.658. The molecule has 1 aromatic carbocycles. The number of amides is 1. The van der Waals surface area contributed by atoms with E-state index in [1.165, 1.54) is 25.4 Å². The number of halogens is 1. The first-order valence-corrected chi connectivity index (χ1v) is 11.1. The van der Waals surface area contributed by atoms with Gasteiger partial charge < -0.3 is 19.7 Å². The van der Waals surface area contributed by atoms with Gasteiger partial charge in [0.1, 0.15) is 17.2 Å². The Kier molecular flexibility index (Phi) is 7.56. The number of carbonyl (C=O) groups excluding carboxylic acids is 2. The largest absolute Gasteiger partial charge is 0.465 e. The maximum atomic E-state index is 13.3. The summed E-state index contributed by atoms with van der Waals surface area (Å²) in [6.45, 7) is 8.79. The van der Waals surface area contributed by atoms with Crippen molar-refractivity contribution < 1.29 is 23.5 Å². The first kappa shape index (κ1) is 24.5. The van der Waals surface area contributed by atoms with Crippen molar-refractivity contribution in [3.8, 4) is 0 Å².